The fourth-order valence-corrected chi connectivity index (χ4v) is 2.19. The summed E-state index contributed by atoms with van der Waals surface area (Å²) >= 11 is 3.14. The van der Waals surface area contributed by atoms with E-state index in [-0.39, 0.29) is 4.47 Å². The second-order valence-electron chi connectivity index (χ2n) is 3.62. The lowest BCUT2D eigenvalue weighted by molar-refractivity contribution is 0.203. The molecule has 0 radical (unpaired) electrons. The smallest absolute Gasteiger partial charge is 0.142 e. The Balaban J connectivity index is 2.44. The number of nitrogens with zero attached hydrogens (tertiary/aromatic N) is 2. The number of benzene rings is 1. The van der Waals surface area contributed by atoms with E-state index in [2.05, 4.69) is 20.9 Å². The van der Waals surface area contributed by atoms with Crippen molar-refractivity contribution in [2.45, 2.75) is 19.6 Å². The lowest BCUT2D eigenvalue weighted by Crippen LogP contribution is -2.09. The molecule has 5 heteroatoms. The fourth-order valence-electron chi connectivity index (χ4n) is 1.71. The molecule has 0 spiro atoms. The van der Waals surface area contributed by atoms with E-state index in [0.717, 1.165) is 0 Å². The van der Waals surface area contributed by atoms with Crippen molar-refractivity contribution in [1.82, 2.24) is 9.55 Å². The molecule has 0 fully saturated rings. The molecule has 1 aromatic carbocycles. The average molecular weight is 299 g/mol. The highest BCUT2D eigenvalue weighted by Crippen LogP contribution is 2.29. The summed E-state index contributed by atoms with van der Waals surface area (Å²) in [6.07, 6.45) is 2.47. The minimum absolute atomic E-state index is 0.276. The van der Waals surface area contributed by atoms with Gasteiger partial charge in [0.2, 0.25) is 0 Å². The van der Waals surface area contributed by atoms with Gasteiger partial charge in [-0.3, -0.25) is 0 Å². The minimum atomic E-state index is -0.935. The molecule has 2 rings (SSSR count). The van der Waals surface area contributed by atoms with E-state index in [4.69, 9.17) is 0 Å². The van der Waals surface area contributed by atoms with E-state index in [1.165, 1.54) is 6.07 Å². The molecule has 17 heavy (non-hydrogen) atoms. The van der Waals surface area contributed by atoms with E-state index in [9.17, 15) is 9.50 Å². The van der Waals surface area contributed by atoms with Crippen LogP contribution in [0.25, 0.3) is 0 Å². The number of aromatic nitrogens is 2. The van der Waals surface area contributed by atoms with Crippen LogP contribution in [0.3, 0.4) is 0 Å². The zero-order valence-corrected chi connectivity index (χ0v) is 10.9. The van der Waals surface area contributed by atoms with Gasteiger partial charge in [-0.1, -0.05) is 12.1 Å². The molecule has 0 saturated carbocycles. The summed E-state index contributed by atoms with van der Waals surface area (Å²) in [6.45, 7) is 2.66. The van der Waals surface area contributed by atoms with Gasteiger partial charge in [-0.15, -0.1) is 0 Å². The summed E-state index contributed by atoms with van der Waals surface area (Å²) < 4.78 is 15.5. The number of aliphatic hydroxyl groups excluding tert-OH is 1. The van der Waals surface area contributed by atoms with E-state index < -0.39 is 11.9 Å². The highest BCUT2D eigenvalue weighted by atomic mass is 79.9. The number of hydrogen-bond acceptors (Lipinski definition) is 2. The molecule has 1 atom stereocenters. The Morgan fingerprint density at radius 2 is 2.29 bits per heavy atom. The Labute approximate surface area is 107 Å². The van der Waals surface area contributed by atoms with Crippen LogP contribution < -0.4 is 0 Å². The van der Waals surface area contributed by atoms with Crippen LogP contribution in [0.2, 0.25) is 0 Å². The van der Waals surface area contributed by atoms with Gasteiger partial charge < -0.3 is 9.67 Å². The van der Waals surface area contributed by atoms with Gasteiger partial charge in [-0.25, -0.2) is 9.37 Å². The topological polar surface area (TPSA) is 38.0 Å². The number of halogens is 2. The second kappa shape index (κ2) is 4.98. The average Bonchev–Trinajstić information content (AvgIpc) is 2.80. The highest BCUT2D eigenvalue weighted by Gasteiger charge is 2.19. The molecule has 1 N–H and O–H groups in total. The Kier molecular flexibility index (Phi) is 3.59. The van der Waals surface area contributed by atoms with Gasteiger partial charge in [-0.05, 0) is 28.9 Å². The summed E-state index contributed by atoms with van der Waals surface area (Å²) in [5.74, 6) is 0.120. The fraction of sp³-hybridized carbons (Fsp3) is 0.250. The third kappa shape index (κ3) is 2.25. The zero-order chi connectivity index (χ0) is 12.4. The molecule has 0 bridgehead atoms. The van der Waals surface area contributed by atoms with Crippen LogP contribution in [0.15, 0.2) is 35.1 Å². The van der Waals surface area contributed by atoms with Crippen molar-refractivity contribution in [2.75, 3.05) is 0 Å². The third-order valence-corrected chi connectivity index (χ3v) is 3.45. The first-order valence-corrected chi connectivity index (χ1v) is 6.07. The number of aliphatic hydroxyl groups is 1. The summed E-state index contributed by atoms with van der Waals surface area (Å²) in [6, 6.07) is 4.58. The molecule has 0 aliphatic heterocycles. The molecule has 3 nitrogen and oxygen atoms in total. The van der Waals surface area contributed by atoms with Gasteiger partial charge in [0.15, 0.2) is 0 Å². The minimum Gasteiger partial charge on any atom is -0.380 e. The van der Waals surface area contributed by atoms with Crippen molar-refractivity contribution in [3.63, 3.8) is 0 Å². The summed E-state index contributed by atoms with van der Waals surface area (Å²) in [5.41, 5.74) is 0.478. The number of rotatable bonds is 3. The van der Waals surface area contributed by atoms with Crippen molar-refractivity contribution >= 4 is 15.9 Å². The van der Waals surface area contributed by atoms with Crippen molar-refractivity contribution in [3.05, 3.63) is 52.3 Å². The standard InChI is InChI=1S/C12H12BrFN2O/c1-2-16-7-6-15-12(16)11(17)8-4-3-5-9(14)10(8)13/h3-7,11,17H,2H2,1H3. The van der Waals surface area contributed by atoms with E-state index in [1.807, 2.05) is 11.5 Å². The van der Waals surface area contributed by atoms with E-state index in [1.54, 1.807) is 24.5 Å². The van der Waals surface area contributed by atoms with E-state index in [0.29, 0.717) is 17.9 Å². The Morgan fingerprint density at radius 1 is 1.53 bits per heavy atom. The first-order valence-electron chi connectivity index (χ1n) is 5.28. The molecule has 0 saturated heterocycles. The van der Waals surface area contributed by atoms with Crippen molar-refractivity contribution < 1.29 is 9.50 Å². The lowest BCUT2D eigenvalue weighted by Gasteiger charge is -2.14. The summed E-state index contributed by atoms with van der Waals surface area (Å²) in [4.78, 5) is 4.10. The molecule has 0 amide bonds. The molecule has 1 unspecified atom stereocenters. The molecule has 2 aromatic rings. The predicted molar refractivity (Wildman–Crippen MR) is 66.1 cm³/mol. The summed E-state index contributed by atoms with van der Waals surface area (Å²) in [7, 11) is 0. The first-order chi connectivity index (χ1) is 8.15. The van der Waals surface area contributed by atoms with Crippen LogP contribution in [-0.2, 0) is 6.54 Å². The van der Waals surface area contributed by atoms with Crippen LogP contribution >= 0.6 is 15.9 Å². The van der Waals surface area contributed by atoms with Gasteiger partial charge in [0.05, 0.1) is 4.47 Å². The van der Waals surface area contributed by atoms with E-state index >= 15 is 0 Å². The highest BCUT2D eigenvalue weighted by molar-refractivity contribution is 9.10. The number of hydrogen-bond donors (Lipinski definition) is 1. The number of imidazole rings is 1. The molecular formula is C12H12BrFN2O. The second-order valence-corrected chi connectivity index (χ2v) is 4.41. The Bertz CT molecular complexity index is 527. The van der Waals surface area contributed by atoms with Gasteiger partial charge in [0.1, 0.15) is 17.7 Å². The van der Waals surface area contributed by atoms with Gasteiger partial charge >= 0.3 is 0 Å². The van der Waals surface area contributed by atoms with Gasteiger partial charge in [0, 0.05) is 24.5 Å². The normalized spacial score (nSPS) is 12.7. The molecule has 1 heterocycles. The zero-order valence-electron chi connectivity index (χ0n) is 9.27. The SMILES string of the molecule is CCn1ccnc1C(O)c1cccc(F)c1Br. The monoisotopic (exact) mass is 298 g/mol. The third-order valence-electron chi connectivity index (χ3n) is 2.61. The van der Waals surface area contributed by atoms with Gasteiger partial charge in [-0.2, -0.15) is 0 Å². The van der Waals surface area contributed by atoms with Crippen LogP contribution in [0, 0.1) is 5.82 Å². The largest absolute Gasteiger partial charge is 0.380 e. The maximum Gasteiger partial charge on any atom is 0.142 e. The van der Waals surface area contributed by atoms with Crippen molar-refractivity contribution in [3.8, 4) is 0 Å². The predicted octanol–water partition coefficient (Wildman–Crippen LogP) is 2.89. The molecule has 0 aliphatic rings. The maximum absolute atomic E-state index is 13.4. The van der Waals surface area contributed by atoms with Crippen LogP contribution in [0.5, 0.6) is 0 Å². The van der Waals surface area contributed by atoms with Crippen LogP contribution in [0.4, 0.5) is 4.39 Å². The lowest BCUT2D eigenvalue weighted by atomic mass is 10.1. The molecule has 0 aliphatic carbocycles. The van der Waals surface area contributed by atoms with Crippen molar-refractivity contribution in [1.29, 1.82) is 0 Å². The number of aryl methyl sites for hydroxylation is 1. The maximum atomic E-state index is 13.4. The summed E-state index contributed by atoms with van der Waals surface area (Å²) in [5, 5.41) is 10.2. The molecular weight excluding hydrogens is 287 g/mol. The Morgan fingerprint density at radius 3 is 3.00 bits per heavy atom. The quantitative estimate of drug-likeness (QED) is 0.946. The Hall–Kier alpha value is -1.20. The molecule has 90 valence electrons. The van der Waals surface area contributed by atoms with Crippen molar-refractivity contribution in [2.24, 2.45) is 0 Å². The van der Waals surface area contributed by atoms with Crippen LogP contribution in [-0.4, -0.2) is 14.7 Å². The van der Waals surface area contributed by atoms with Crippen LogP contribution in [0.1, 0.15) is 24.4 Å². The van der Waals surface area contributed by atoms with Gasteiger partial charge in [0.25, 0.3) is 0 Å². The molecule has 1 aromatic heterocycles. The first kappa shape index (κ1) is 12.3.